The second-order valence-corrected chi connectivity index (χ2v) is 7.99. The largest absolute Gasteiger partial charge is 0.417 e. The molecule has 1 saturated heterocycles. The molecule has 9 heteroatoms. The zero-order valence-corrected chi connectivity index (χ0v) is 17.8. The van der Waals surface area contributed by atoms with Crippen molar-refractivity contribution in [2.45, 2.75) is 30.5 Å². The number of thioether (sulfide) groups is 1. The van der Waals surface area contributed by atoms with Gasteiger partial charge in [0.2, 0.25) is 5.91 Å². The van der Waals surface area contributed by atoms with E-state index in [4.69, 9.17) is 0 Å². The Morgan fingerprint density at radius 2 is 1.90 bits per heavy atom. The first kappa shape index (κ1) is 22.4. The van der Waals surface area contributed by atoms with Crippen LogP contribution in [0.2, 0.25) is 0 Å². The molecule has 0 spiro atoms. The number of anilines is 2. The molecule has 1 N–H and O–H groups in total. The number of para-hydroxylation sites is 1. The number of halogens is 3. The van der Waals surface area contributed by atoms with Crippen LogP contribution in [0, 0.1) is 0 Å². The van der Waals surface area contributed by atoms with Gasteiger partial charge < -0.3 is 10.2 Å². The highest BCUT2D eigenvalue weighted by Gasteiger charge is 2.31. The van der Waals surface area contributed by atoms with Crippen molar-refractivity contribution in [2.75, 3.05) is 42.7 Å². The fourth-order valence-electron chi connectivity index (χ4n) is 3.45. The third-order valence-electron chi connectivity index (χ3n) is 5.22. The molecule has 2 heterocycles. The van der Waals surface area contributed by atoms with Crippen LogP contribution < -0.4 is 10.2 Å². The molecule has 30 heavy (non-hydrogen) atoms. The number of hydrogen-bond donors (Lipinski definition) is 1. The molecule has 0 aliphatic carbocycles. The average Bonchev–Trinajstić information content (AvgIpc) is 2.99. The lowest BCUT2D eigenvalue weighted by atomic mass is 10.2. The Morgan fingerprint density at radius 3 is 2.57 bits per heavy atom. The molecule has 5 nitrogen and oxygen atoms in total. The number of carbonyl (C=O) groups excluding carboxylic acids is 1. The topological polar surface area (TPSA) is 48.5 Å². The van der Waals surface area contributed by atoms with Crippen molar-refractivity contribution < 1.29 is 18.0 Å². The first-order valence-corrected chi connectivity index (χ1v) is 11.0. The molecule has 0 unspecified atom stereocenters. The van der Waals surface area contributed by atoms with Gasteiger partial charge in [0.25, 0.3) is 0 Å². The highest BCUT2D eigenvalue weighted by atomic mass is 32.2. The van der Waals surface area contributed by atoms with Crippen LogP contribution in [0.15, 0.2) is 47.5 Å². The van der Waals surface area contributed by atoms with E-state index in [2.05, 4.69) is 15.2 Å². The summed E-state index contributed by atoms with van der Waals surface area (Å²) in [6, 6.07) is 9.83. The number of hydrogen-bond acceptors (Lipinski definition) is 5. The van der Waals surface area contributed by atoms with Crippen LogP contribution >= 0.6 is 11.8 Å². The lowest BCUT2D eigenvalue weighted by Gasteiger charge is -2.27. The summed E-state index contributed by atoms with van der Waals surface area (Å²) in [5, 5.41) is 3.01. The minimum atomic E-state index is -4.39. The van der Waals surface area contributed by atoms with E-state index in [1.54, 1.807) is 11.8 Å². The Kier molecular flexibility index (Phi) is 7.25. The summed E-state index contributed by atoms with van der Waals surface area (Å²) in [7, 11) is 0. The van der Waals surface area contributed by atoms with E-state index in [-0.39, 0.29) is 11.9 Å². The first-order valence-electron chi connectivity index (χ1n) is 9.75. The Morgan fingerprint density at radius 1 is 1.13 bits per heavy atom. The third kappa shape index (κ3) is 5.46. The van der Waals surface area contributed by atoms with Crippen LogP contribution in [0.3, 0.4) is 0 Å². The van der Waals surface area contributed by atoms with E-state index >= 15 is 0 Å². The lowest BCUT2D eigenvalue weighted by molar-refractivity contribution is -0.137. The molecule has 0 saturated carbocycles. The second kappa shape index (κ2) is 9.70. The fourth-order valence-corrected chi connectivity index (χ4v) is 4.00. The van der Waals surface area contributed by atoms with Crippen LogP contribution in [-0.2, 0) is 11.0 Å². The number of benzene rings is 1. The SMILES string of the molecule is CSc1ccccc1NC(=O)[C@@H](C)N1CCCN(c2ccc(C(F)(F)F)cn2)CC1. The van der Waals surface area contributed by atoms with Crippen molar-refractivity contribution in [1.82, 2.24) is 9.88 Å². The first-order chi connectivity index (χ1) is 14.3. The number of pyridine rings is 1. The molecule has 1 fully saturated rings. The van der Waals surface area contributed by atoms with Crippen LogP contribution in [0.1, 0.15) is 18.9 Å². The van der Waals surface area contributed by atoms with Gasteiger partial charge in [0, 0.05) is 37.3 Å². The van der Waals surface area contributed by atoms with Crippen LogP contribution in [-0.4, -0.2) is 54.3 Å². The molecule has 1 aliphatic rings. The number of rotatable bonds is 5. The van der Waals surface area contributed by atoms with Crippen molar-refractivity contribution in [1.29, 1.82) is 0 Å². The van der Waals surface area contributed by atoms with Crippen LogP contribution in [0.25, 0.3) is 0 Å². The molecule has 0 bridgehead atoms. The standard InChI is InChI=1S/C21H25F3N4OS/c1-15(20(29)26-17-6-3-4-7-18(17)30-2)27-10-5-11-28(13-12-27)19-9-8-16(14-25-19)21(22,23)24/h3-4,6-9,14-15H,5,10-13H2,1-2H3,(H,26,29)/t15-/m1/s1. The minimum Gasteiger partial charge on any atom is -0.355 e. The molecule has 1 aliphatic heterocycles. The van der Waals surface area contributed by atoms with Crippen molar-refractivity contribution in [3.8, 4) is 0 Å². The maximum Gasteiger partial charge on any atom is 0.417 e. The van der Waals surface area contributed by atoms with Gasteiger partial charge in [-0.2, -0.15) is 13.2 Å². The van der Waals surface area contributed by atoms with Crippen LogP contribution in [0.4, 0.5) is 24.7 Å². The van der Waals surface area contributed by atoms with Crippen molar-refractivity contribution in [2.24, 2.45) is 0 Å². The number of amides is 1. The van der Waals surface area contributed by atoms with E-state index in [0.717, 1.165) is 35.8 Å². The number of nitrogens with zero attached hydrogens (tertiary/aromatic N) is 3. The van der Waals surface area contributed by atoms with Gasteiger partial charge in [-0.15, -0.1) is 11.8 Å². The van der Waals surface area contributed by atoms with E-state index in [9.17, 15) is 18.0 Å². The van der Waals surface area contributed by atoms with Gasteiger partial charge >= 0.3 is 6.18 Å². The fraction of sp³-hybridized carbons (Fsp3) is 0.429. The predicted molar refractivity (Wildman–Crippen MR) is 114 cm³/mol. The highest BCUT2D eigenvalue weighted by molar-refractivity contribution is 7.98. The van der Waals surface area contributed by atoms with Crippen LogP contribution in [0.5, 0.6) is 0 Å². The molecule has 0 radical (unpaired) electrons. The van der Waals surface area contributed by atoms with Crippen molar-refractivity contribution in [3.63, 3.8) is 0 Å². The number of nitrogens with one attached hydrogen (secondary N) is 1. The Hall–Kier alpha value is -2.26. The van der Waals surface area contributed by atoms with Gasteiger partial charge in [-0.05, 0) is 43.9 Å². The summed E-state index contributed by atoms with van der Waals surface area (Å²) in [5.74, 6) is 0.452. The summed E-state index contributed by atoms with van der Waals surface area (Å²) in [6.07, 6.45) is -0.759. The van der Waals surface area contributed by atoms with E-state index in [1.165, 1.54) is 6.07 Å². The summed E-state index contributed by atoms with van der Waals surface area (Å²) in [6.45, 7) is 4.51. The molecule has 3 rings (SSSR count). The van der Waals surface area contributed by atoms with E-state index < -0.39 is 11.7 Å². The molecule has 1 atom stereocenters. The average molecular weight is 439 g/mol. The van der Waals surface area contributed by atoms with Gasteiger partial charge in [-0.3, -0.25) is 9.69 Å². The zero-order chi connectivity index (χ0) is 21.7. The van der Waals surface area contributed by atoms with Gasteiger partial charge in [-0.25, -0.2) is 4.98 Å². The molecule has 1 aromatic heterocycles. The normalized spacial score (nSPS) is 16.8. The number of aromatic nitrogens is 1. The zero-order valence-electron chi connectivity index (χ0n) is 16.9. The van der Waals surface area contributed by atoms with Gasteiger partial charge in [0.1, 0.15) is 5.82 Å². The maximum atomic E-state index is 12.8. The van der Waals surface area contributed by atoms with Gasteiger partial charge in [0.15, 0.2) is 0 Å². The van der Waals surface area contributed by atoms with Crippen molar-refractivity contribution in [3.05, 3.63) is 48.2 Å². The summed E-state index contributed by atoms with van der Waals surface area (Å²) in [4.78, 5) is 21.8. The molecular formula is C21H25F3N4OS. The summed E-state index contributed by atoms with van der Waals surface area (Å²) in [5.41, 5.74) is 0.0470. The van der Waals surface area contributed by atoms with E-state index in [1.807, 2.05) is 42.3 Å². The molecular weight excluding hydrogens is 413 g/mol. The van der Waals surface area contributed by atoms with Crippen molar-refractivity contribution >= 4 is 29.2 Å². The minimum absolute atomic E-state index is 0.0717. The Balaban J connectivity index is 1.61. The molecule has 162 valence electrons. The quantitative estimate of drug-likeness (QED) is 0.703. The monoisotopic (exact) mass is 438 g/mol. The molecule has 1 amide bonds. The molecule has 1 aromatic carbocycles. The Bertz CT molecular complexity index is 860. The third-order valence-corrected chi connectivity index (χ3v) is 6.02. The lowest BCUT2D eigenvalue weighted by Crippen LogP contribution is -2.44. The summed E-state index contributed by atoms with van der Waals surface area (Å²) < 4.78 is 38.2. The molecule has 2 aromatic rings. The van der Waals surface area contributed by atoms with Gasteiger partial charge in [0.05, 0.1) is 17.3 Å². The maximum absolute atomic E-state index is 12.8. The highest BCUT2D eigenvalue weighted by Crippen LogP contribution is 2.29. The Labute approximate surface area is 178 Å². The smallest absolute Gasteiger partial charge is 0.355 e. The number of carbonyl (C=O) groups is 1. The number of alkyl halides is 3. The summed E-state index contributed by atoms with van der Waals surface area (Å²) >= 11 is 1.58. The van der Waals surface area contributed by atoms with E-state index in [0.29, 0.717) is 25.5 Å². The van der Waals surface area contributed by atoms with Gasteiger partial charge in [-0.1, -0.05) is 12.1 Å². The predicted octanol–water partition coefficient (Wildman–Crippen LogP) is 4.36. The second-order valence-electron chi connectivity index (χ2n) is 7.14.